The molecule has 0 spiro atoms. The van der Waals surface area contributed by atoms with E-state index in [2.05, 4.69) is 65.6 Å². The molecule has 1 aliphatic rings. The maximum Gasteiger partial charge on any atom is 0.0594 e. The van der Waals surface area contributed by atoms with Crippen molar-refractivity contribution in [1.82, 2.24) is 4.90 Å². The smallest absolute Gasteiger partial charge is 0.0594 e. The van der Waals surface area contributed by atoms with Gasteiger partial charge >= 0.3 is 0 Å². The molecule has 1 saturated heterocycles. The van der Waals surface area contributed by atoms with E-state index in [1.807, 2.05) is 0 Å². The maximum absolute atomic E-state index is 5.49. The number of rotatable bonds is 4. The molecule has 2 nitrogen and oxygen atoms in total. The van der Waals surface area contributed by atoms with Crippen molar-refractivity contribution in [3.63, 3.8) is 0 Å². The van der Waals surface area contributed by atoms with Gasteiger partial charge in [-0.3, -0.25) is 4.90 Å². The number of ether oxygens (including phenoxy) is 1. The minimum absolute atomic E-state index is 0.447. The van der Waals surface area contributed by atoms with Gasteiger partial charge in [-0.25, -0.2) is 0 Å². The molecule has 2 aromatic carbocycles. The maximum atomic E-state index is 5.49. The van der Waals surface area contributed by atoms with Crippen molar-refractivity contribution < 1.29 is 4.74 Å². The lowest BCUT2D eigenvalue weighted by molar-refractivity contribution is 0.0161. The molecule has 1 heterocycles. The van der Waals surface area contributed by atoms with Gasteiger partial charge in [-0.15, -0.1) is 0 Å². The fourth-order valence-electron chi connectivity index (χ4n) is 2.86. The summed E-state index contributed by atoms with van der Waals surface area (Å²) in [5.41, 5.74) is 2.80. The third-order valence-electron chi connectivity index (χ3n) is 3.94. The van der Waals surface area contributed by atoms with Crippen LogP contribution in [0.5, 0.6) is 0 Å². The van der Waals surface area contributed by atoms with Crippen LogP contribution in [0.1, 0.15) is 17.2 Å². The van der Waals surface area contributed by atoms with Gasteiger partial charge < -0.3 is 4.74 Å². The third-order valence-corrected chi connectivity index (χ3v) is 3.94. The molecule has 1 atom stereocenters. The molecule has 0 N–H and O–H groups in total. The third kappa shape index (κ3) is 3.27. The van der Waals surface area contributed by atoms with Crippen LogP contribution in [-0.2, 0) is 11.2 Å². The van der Waals surface area contributed by atoms with Crippen LogP contribution in [-0.4, -0.2) is 31.2 Å². The Hall–Kier alpha value is -1.64. The molecule has 20 heavy (non-hydrogen) atoms. The van der Waals surface area contributed by atoms with Gasteiger partial charge in [-0.2, -0.15) is 0 Å². The van der Waals surface area contributed by atoms with E-state index in [1.165, 1.54) is 11.1 Å². The Bertz CT molecular complexity index is 505. The van der Waals surface area contributed by atoms with Crippen LogP contribution in [0.3, 0.4) is 0 Å². The van der Waals surface area contributed by atoms with Crippen LogP contribution in [0.4, 0.5) is 0 Å². The van der Waals surface area contributed by atoms with E-state index in [4.69, 9.17) is 4.74 Å². The van der Waals surface area contributed by atoms with E-state index in [1.54, 1.807) is 0 Å². The SMILES string of the molecule is c1ccc(CC(c2ccccc2)N2CCOCC2)cc1. The summed E-state index contributed by atoms with van der Waals surface area (Å²) in [6.07, 6.45) is 1.06. The summed E-state index contributed by atoms with van der Waals surface area (Å²) in [5.74, 6) is 0. The quantitative estimate of drug-likeness (QED) is 0.842. The lowest BCUT2D eigenvalue weighted by Crippen LogP contribution is -2.39. The Labute approximate surface area is 121 Å². The van der Waals surface area contributed by atoms with Crippen LogP contribution in [0.25, 0.3) is 0 Å². The summed E-state index contributed by atoms with van der Waals surface area (Å²) >= 11 is 0. The molecule has 1 fully saturated rings. The summed E-state index contributed by atoms with van der Waals surface area (Å²) in [6, 6.07) is 22.0. The Morgan fingerprint density at radius 3 is 2.10 bits per heavy atom. The molecule has 0 aromatic heterocycles. The highest BCUT2D eigenvalue weighted by atomic mass is 16.5. The Morgan fingerprint density at radius 1 is 0.850 bits per heavy atom. The highest BCUT2D eigenvalue weighted by Crippen LogP contribution is 2.25. The number of benzene rings is 2. The minimum atomic E-state index is 0.447. The van der Waals surface area contributed by atoms with Crippen molar-refractivity contribution >= 4 is 0 Å². The van der Waals surface area contributed by atoms with Crippen LogP contribution in [0.15, 0.2) is 60.7 Å². The molecule has 0 amide bonds. The van der Waals surface area contributed by atoms with Crippen molar-refractivity contribution in [2.45, 2.75) is 12.5 Å². The van der Waals surface area contributed by atoms with Gasteiger partial charge in [0.15, 0.2) is 0 Å². The normalized spacial score (nSPS) is 17.8. The summed E-state index contributed by atoms with van der Waals surface area (Å²) in [7, 11) is 0. The van der Waals surface area contributed by atoms with E-state index in [-0.39, 0.29) is 0 Å². The molecular formula is C18H21NO. The number of nitrogens with zero attached hydrogens (tertiary/aromatic N) is 1. The number of hydrogen-bond donors (Lipinski definition) is 0. The molecular weight excluding hydrogens is 246 g/mol. The van der Waals surface area contributed by atoms with E-state index >= 15 is 0 Å². The standard InChI is InChI=1S/C18H21NO/c1-3-7-16(8-4-1)15-18(17-9-5-2-6-10-17)19-11-13-20-14-12-19/h1-10,18H,11-15H2. The fourth-order valence-corrected chi connectivity index (χ4v) is 2.86. The van der Waals surface area contributed by atoms with Crippen LogP contribution < -0.4 is 0 Å². The molecule has 0 aliphatic carbocycles. The monoisotopic (exact) mass is 267 g/mol. The van der Waals surface area contributed by atoms with E-state index < -0.39 is 0 Å². The summed E-state index contributed by atoms with van der Waals surface area (Å²) in [4.78, 5) is 2.55. The molecule has 0 bridgehead atoms. The zero-order valence-corrected chi connectivity index (χ0v) is 11.7. The average molecular weight is 267 g/mol. The molecule has 2 aromatic rings. The predicted molar refractivity (Wildman–Crippen MR) is 81.7 cm³/mol. The zero-order valence-electron chi connectivity index (χ0n) is 11.7. The van der Waals surface area contributed by atoms with Crippen molar-refractivity contribution in [1.29, 1.82) is 0 Å². The molecule has 104 valence electrons. The summed E-state index contributed by atoms with van der Waals surface area (Å²) in [6.45, 7) is 3.73. The number of morpholine rings is 1. The van der Waals surface area contributed by atoms with Crippen LogP contribution in [0, 0.1) is 0 Å². The first-order valence-corrected chi connectivity index (χ1v) is 7.34. The summed E-state index contributed by atoms with van der Waals surface area (Å²) < 4.78 is 5.49. The second-order valence-corrected chi connectivity index (χ2v) is 5.26. The molecule has 3 rings (SSSR count). The molecule has 2 heteroatoms. The molecule has 0 radical (unpaired) electrons. The largest absolute Gasteiger partial charge is 0.379 e. The second-order valence-electron chi connectivity index (χ2n) is 5.26. The minimum Gasteiger partial charge on any atom is -0.379 e. The van der Waals surface area contributed by atoms with Gasteiger partial charge in [0.2, 0.25) is 0 Å². The average Bonchev–Trinajstić information content (AvgIpc) is 2.55. The van der Waals surface area contributed by atoms with Crippen molar-refractivity contribution in [3.8, 4) is 0 Å². The van der Waals surface area contributed by atoms with Gasteiger partial charge in [0.05, 0.1) is 13.2 Å². The van der Waals surface area contributed by atoms with E-state index in [9.17, 15) is 0 Å². The molecule has 0 saturated carbocycles. The van der Waals surface area contributed by atoms with Gasteiger partial charge in [-0.05, 0) is 17.5 Å². The lowest BCUT2D eigenvalue weighted by Gasteiger charge is -2.35. The highest BCUT2D eigenvalue weighted by Gasteiger charge is 2.22. The molecule has 1 unspecified atom stereocenters. The predicted octanol–water partition coefficient (Wildman–Crippen LogP) is 3.30. The van der Waals surface area contributed by atoms with Gasteiger partial charge in [0, 0.05) is 19.1 Å². The highest BCUT2D eigenvalue weighted by molar-refractivity contribution is 5.24. The second kappa shape index (κ2) is 6.69. The van der Waals surface area contributed by atoms with Crippen molar-refractivity contribution in [2.24, 2.45) is 0 Å². The Balaban J connectivity index is 1.83. The van der Waals surface area contributed by atoms with Gasteiger partial charge in [0.25, 0.3) is 0 Å². The van der Waals surface area contributed by atoms with Crippen molar-refractivity contribution in [2.75, 3.05) is 26.3 Å². The lowest BCUT2D eigenvalue weighted by atomic mass is 9.97. The Kier molecular flexibility index (Phi) is 4.46. The van der Waals surface area contributed by atoms with E-state index in [0.717, 1.165) is 32.7 Å². The summed E-state index contributed by atoms with van der Waals surface area (Å²) in [5, 5.41) is 0. The Morgan fingerprint density at radius 2 is 1.45 bits per heavy atom. The number of hydrogen-bond acceptors (Lipinski definition) is 2. The van der Waals surface area contributed by atoms with Gasteiger partial charge in [0.1, 0.15) is 0 Å². The van der Waals surface area contributed by atoms with Crippen molar-refractivity contribution in [3.05, 3.63) is 71.8 Å². The van der Waals surface area contributed by atoms with Crippen LogP contribution >= 0.6 is 0 Å². The first kappa shape index (κ1) is 13.3. The van der Waals surface area contributed by atoms with E-state index in [0.29, 0.717) is 6.04 Å². The fraction of sp³-hybridized carbons (Fsp3) is 0.333. The zero-order chi connectivity index (χ0) is 13.6. The van der Waals surface area contributed by atoms with Gasteiger partial charge in [-0.1, -0.05) is 60.7 Å². The first-order valence-electron chi connectivity index (χ1n) is 7.34. The van der Waals surface area contributed by atoms with Crippen LogP contribution in [0.2, 0.25) is 0 Å². The first-order chi connectivity index (χ1) is 9.93. The molecule has 1 aliphatic heterocycles. The topological polar surface area (TPSA) is 12.5 Å².